The maximum absolute atomic E-state index is 11.6. The monoisotopic (exact) mass is 303 g/mol. The van der Waals surface area contributed by atoms with Crippen molar-refractivity contribution >= 4 is 5.91 Å². The van der Waals surface area contributed by atoms with E-state index in [1.54, 1.807) is 7.11 Å². The molecule has 0 bridgehead atoms. The average molecular weight is 303 g/mol. The Bertz CT molecular complexity index is 623. The smallest absolute Gasteiger partial charge is 0.251 e. The largest absolute Gasteiger partial charge is 0.496 e. The molecule has 1 heterocycles. The Morgan fingerprint density at radius 3 is 2.82 bits per heavy atom. The van der Waals surface area contributed by atoms with E-state index in [0.29, 0.717) is 42.8 Å². The van der Waals surface area contributed by atoms with Crippen LogP contribution in [0.2, 0.25) is 0 Å². The molecule has 22 heavy (non-hydrogen) atoms. The number of carbonyl (C=O) groups excluding carboxylic acids is 1. The molecular formula is C16H21N3O3. The third-order valence-corrected chi connectivity index (χ3v) is 3.06. The van der Waals surface area contributed by atoms with Crippen LogP contribution < -0.4 is 10.1 Å². The lowest BCUT2D eigenvalue weighted by molar-refractivity contribution is -0.121. The Labute approximate surface area is 129 Å². The molecular weight excluding hydrogens is 282 g/mol. The minimum Gasteiger partial charge on any atom is -0.496 e. The fourth-order valence-corrected chi connectivity index (χ4v) is 2.04. The lowest BCUT2D eigenvalue weighted by Crippen LogP contribution is -2.26. The topological polar surface area (TPSA) is 77.3 Å². The molecule has 0 fully saturated rings. The average Bonchev–Trinajstić information content (AvgIpc) is 2.95. The van der Waals surface area contributed by atoms with E-state index < -0.39 is 0 Å². The van der Waals surface area contributed by atoms with Gasteiger partial charge in [0.2, 0.25) is 11.8 Å². The molecule has 1 aromatic heterocycles. The van der Waals surface area contributed by atoms with Crippen molar-refractivity contribution in [3.05, 3.63) is 30.2 Å². The summed E-state index contributed by atoms with van der Waals surface area (Å²) in [6.45, 7) is 4.51. The highest BCUT2D eigenvalue weighted by Crippen LogP contribution is 2.28. The highest BCUT2D eigenvalue weighted by Gasteiger charge is 2.13. The summed E-state index contributed by atoms with van der Waals surface area (Å²) in [6.07, 6.45) is 1.03. The maximum Gasteiger partial charge on any atom is 0.251 e. The summed E-state index contributed by atoms with van der Waals surface area (Å²) in [5.74, 6) is 1.98. The number of ether oxygens (including phenoxy) is 1. The van der Waals surface area contributed by atoms with E-state index in [4.69, 9.17) is 9.15 Å². The molecule has 1 amide bonds. The number of methoxy groups -OCH3 is 1. The lowest BCUT2D eigenvalue weighted by Gasteiger charge is -2.05. The Morgan fingerprint density at radius 2 is 2.09 bits per heavy atom. The molecule has 0 spiro atoms. The number of hydrogen-bond donors (Lipinski definition) is 1. The third kappa shape index (κ3) is 4.31. The predicted molar refractivity (Wildman–Crippen MR) is 82.5 cm³/mol. The molecule has 0 aliphatic heterocycles. The standard InChI is InChI=1S/C16H21N3O3/c1-11(2)10-14(20)17-9-8-15-18-19-16(22-15)12-6-4-5-7-13(12)21-3/h4-7,11H,8-10H2,1-3H3,(H,17,20). The van der Waals surface area contributed by atoms with Crippen LogP contribution in [0.5, 0.6) is 5.75 Å². The van der Waals surface area contributed by atoms with Gasteiger partial charge in [-0.05, 0) is 18.1 Å². The first kappa shape index (κ1) is 16.0. The molecule has 1 N–H and O–H groups in total. The zero-order valence-electron chi connectivity index (χ0n) is 13.1. The van der Waals surface area contributed by atoms with E-state index in [-0.39, 0.29) is 5.91 Å². The molecule has 2 aromatic rings. The summed E-state index contributed by atoms with van der Waals surface area (Å²) in [5.41, 5.74) is 0.757. The number of nitrogens with one attached hydrogen (secondary N) is 1. The zero-order chi connectivity index (χ0) is 15.9. The lowest BCUT2D eigenvalue weighted by atomic mass is 10.1. The van der Waals surface area contributed by atoms with E-state index in [2.05, 4.69) is 15.5 Å². The molecule has 0 atom stereocenters. The molecule has 0 saturated heterocycles. The maximum atomic E-state index is 11.6. The van der Waals surface area contributed by atoms with Crippen molar-refractivity contribution in [2.45, 2.75) is 26.7 Å². The molecule has 118 valence electrons. The van der Waals surface area contributed by atoms with Gasteiger partial charge in [0.1, 0.15) is 5.75 Å². The zero-order valence-corrected chi connectivity index (χ0v) is 13.1. The van der Waals surface area contributed by atoms with Crippen LogP contribution in [-0.4, -0.2) is 29.8 Å². The molecule has 0 unspecified atom stereocenters. The molecule has 0 aliphatic carbocycles. The molecule has 1 aromatic carbocycles. The number of amides is 1. The first-order chi connectivity index (χ1) is 10.6. The predicted octanol–water partition coefficient (Wildman–Crippen LogP) is 2.45. The molecule has 0 radical (unpaired) electrons. The van der Waals surface area contributed by atoms with Gasteiger partial charge in [-0.1, -0.05) is 26.0 Å². The van der Waals surface area contributed by atoms with Gasteiger partial charge in [-0.15, -0.1) is 10.2 Å². The second-order valence-electron chi connectivity index (χ2n) is 5.40. The summed E-state index contributed by atoms with van der Waals surface area (Å²) >= 11 is 0. The summed E-state index contributed by atoms with van der Waals surface area (Å²) in [5, 5.41) is 10.9. The van der Waals surface area contributed by atoms with Gasteiger partial charge in [-0.25, -0.2) is 0 Å². The summed E-state index contributed by atoms with van der Waals surface area (Å²) in [7, 11) is 1.60. The normalized spacial score (nSPS) is 10.7. The van der Waals surface area contributed by atoms with E-state index in [1.165, 1.54) is 0 Å². The molecule has 0 saturated carbocycles. The first-order valence-electron chi connectivity index (χ1n) is 7.32. The number of nitrogens with zero attached hydrogens (tertiary/aromatic N) is 2. The minimum absolute atomic E-state index is 0.0412. The van der Waals surface area contributed by atoms with Crippen LogP contribution in [-0.2, 0) is 11.2 Å². The van der Waals surface area contributed by atoms with Crippen LogP contribution in [0, 0.1) is 5.92 Å². The molecule has 6 nitrogen and oxygen atoms in total. The second-order valence-corrected chi connectivity index (χ2v) is 5.40. The van der Waals surface area contributed by atoms with Crippen molar-refractivity contribution in [3.8, 4) is 17.2 Å². The fourth-order valence-electron chi connectivity index (χ4n) is 2.04. The van der Waals surface area contributed by atoms with Crippen molar-refractivity contribution < 1.29 is 13.9 Å². The van der Waals surface area contributed by atoms with Gasteiger partial charge in [0.15, 0.2) is 0 Å². The number of aromatic nitrogens is 2. The highest BCUT2D eigenvalue weighted by molar-refractivity contribution is 5.76. The minimum atomic E-state index is 0.0412. The van der Waals surface area contributed by atoms with Gasteiger partial charge in [-0.2, -0.15) is 0 Å². The Hall–Kier alpha value is -2.37. The molecule has 0 aliphatic rings. The third-order valence-electron chi connectivity index (χ3n) is 3.06. The van der Waals surface area contributed by atoms with Gasteiger partial charge in [0.05, 0.1) is 12.7 Å². The van der Waals surface area contributed by atoms with Crippen LogP contribution >= 0.6 is 0 Å². The van der Waals surface area contributed by atoms with Crippen LogP contribution in [0.15, 0.2) is 28.7 Å². The van der Waals surface area contributed by atoms with Gasteiger partial charge < -0.3 is 14.5 Å². The number of hydrogen-bond acceptors (Lipinski definition) is 5. The Balaban J connectivity index is 1.93. The Morgan fingerprint density at radius 1 is 1.32 bits per heavy atom. The second kappa shape index (κ2) is 7.59. The van der Waals surface area contributed by atoms with Crippen molar-refractivity contribution in [1.82, 2.24) is 15.5 Å². The molecule has 2 rings (SSSR count). The van der Waals surface area contributed by atoms with Crippen LogP contribution in [0.3, 0.4) is 0 Å². The van der Waals surface area contributed by atoms with Crippen LogP contribution in [0.25, 0.3) is 11.5 Å². The number of para-hydroxylation sites is 1. The van der Waals surface area contributed by atoms with Crippen LogP contribution in [0.4, 0.5) is 0 Å². The fraction of sp³-hybridized carbons (Fsp3) is 0.438. The van der Waals surface area contributed by atoms with Crippen molar-refractivity contribution in [3.63, 3.8) is 0 Å². The number of rotatable bonds is 7. The summed E-state index contributed by atoms with van der Waals surface area (Å²) in [6, 6.07) is 7.46. The van der Waals surface area contributed by atoms with Crippen LogP contribution in [0.1, 0.15) is 26.2 Å². The van der Waals surface area contributed by atoms with E-state index >= 15 is 0 Å². The van der Waals surface area contributed by atoms with E-state index in [0.717, 1.165) is 5.56 Å². The van der Waals surface area contributed by atoms with Gasteiger partial charge in [0.25, 0.3) is 5.89 Å². The Kier molecular flexibility index (Phi) is 5.52. The molecule has 6 heteroatoms. The SMILES string of the molecule is COc1ccccc1-c1nnc(CCNC(=O)CC(C)C)o1. The van der Waals surface area contributed by atoms with Gasteiger partial charge in [-0.3, -0.25) is 4.79 Å². The number of carbonyl (C=O) groups is 1. The summed E-state index contributed by atoms with van der Waals surface area (Å²) in [4.78, 5) is 11.6. The number of benzene rings is 1. The van der Waals surface area contributed by atoms with E-state index in [9.17, 15) is 4.79 Å². The van der Waals surface area contributed by atoms with Gasteiger partial charge >= 0.3 is 0 Å². The quantitative estimate of drug-likeness (QED) is 0.850. The van der Waals surface area contributed by atoms with Crippen molar-refractivity contribution in [1.29, 1.82) is 0 Å². The summed E-state index contributed by atoms with van der Waals surface area (Å²) < 4.78 is 10.9. The highest BCUT2D eigenvalue weighted by atomic mass is 16.5. The van der Waals surface area contributed by atoms with Crippen molar-refractivity contribution in [2.75, 3.05) is 13.7 Å². The van der Waals surface area contributed by atoms with Gasteiger partial charge in [0, 0.05) is 19.4 Å². The first-order valence-corrected chi connectivity index (χ1v) is 7.32. The van der Waals surface area contributed by atoms with E-state index in [1.807, 2.05) is 38.1 Å². The van der Waals surface area contributed by atoms with Crippen molar-refractivity contribution in [2.24, 2.45) is 5.92 Å².